The first-order valence-corrected chi connectivity index (χ1v) is 3.64. The molecular weight excluding hydrogens is 136 g/mol. The largest absolute Gasteiger partial charge is 0.295 e. The van der Waals surface area contributed by atoms with E-state index in [2.05, 4.69) is 0 Å². The van der Waals surface area contributed by atoms with Crippen LogP contribution in [0.2, 0.25) is 0 Å². The highest BCUT2D eigenvalue weighted by molar-refractivity contribution is 5.10. The number of rotatable bonds is 1. The summed E-state index contributed by atoms with van der Waals surface area (Å²) >= 11 is 0. The highest BCUT2D eigenvalue weighted by Crippen LogP contribution is 2.52. The van der Waals surface area contributed by atoms with Crippen LogP contribution in [-0.4, -0.2) is 30.5 Å². The second-order valence-electron chi connectivity index (χ2n) is 3.56. The fourth-order valence-corrected chi connectivity index (χ4v) is 2.29. The third-order valence-electron chi connectivity index (χ3n) is 2.98. The molecule has 0 aromatic rings. The average molecular weight is 147 g/mol. The van der Waals surface area contributed by atoms with E-state index in [1.807, 2.05) is 4.90 Å². The van der Waals surface area contributed by atoms with Gasteiger partial charge in [0.15, 0.2) is 0 Å². The third kappa shape index (κ3) is 0.546. The SMILES string of the molecule is CN1CC2CC1(C(F)F)C2. The Kier molecular flexibility index (Phi) is 1.11. The average Bonchev–Trinajstić information content (AvgIpc) is 2.15. The molecule has 1 nitrogen and oxygen atoms in total. The second kappa shape index (κ2) is 1.70. The molecule has 0 amide bonds. The van der Waals surface area contributed by atoms with Gasteiger partial charge in [-0.15, -0.1) is 0 Å². The molecule has 0 aromatic carbocycles. The van der Waals surface area contributed by atoms with Gasteiger partial charge in [-0.25, -0.2) is 8.78 Å². The van der Waals surface area contributed by atoms with E-state index in [1.54, 1.807) is 7.05 Å². The van der Waals surface area contributed by atoms with Crippen molar-refractivity contribution in [2.45, 2.75) is 24.8 Å². The van der Waals surface area contributed by atoms with Crippen LogP contribution in [0.1, 0.15) is 12.8 Å². The Morgan fingerprint density at radius 2 is 2.10 bits per heavy atom. The molecule has 0 radical (unpaired) electrons. The van der Waals surface area contributed by atoms with Gasteiger partial charge in [-0.3, -0.25) is 4.90 Å². The normalized spacial score (nSPS) is 46.2. The molecule has 0 atom stereocenters. The van der Waals surface area contributed by atoms with Gasteiger partial charge in [0.25, 0.3) is 6.43 Å². The molecule has 2 heterocycles. The summed E-state index contributed by atoms with van der Waals surface area (Å²) in [5.41, 5.74) is -0.704. The zero-order valence-corrected chi connectivity index (χ0v) is 5.98. The topological polar surface area (TPSA) is 3.24 Å². The summed E-state index contributed by atoms with van der Waals surface area (Å²) < 4.78 is 24.7. The van der Waals surface area contributed by atoms with Gasteiger partial charge in [0.2, 0.25) is 0 Å². The number of alkyl halides is 2. The van der Waals surface area contributed by atoms with Gasteiger partial charge in [-0.2, -0.15) is 0 Å². The van der Waals surface area contributed by atoms with Crippen LogP contribution in [0.3, 0.4) is 0 Å². The van der Waals surface area contributed by atoms with Crippen LogP contribution in [-0.2, 0) is 0 Å². The van der Waals surface area contributed by atoms with Gasteiger partial charge in [-0.05, 0) is 25.8 Å². The third-order valence-corrected chi connectivity index (χ3v) is 2.98. The van der Waals surface area contributed by atoms with Crippen molar-refractivity contribution in [3.05, 3.63) is 0 Å². The summed E-state index contributed by atoms with van der Waals surface area (Å²) in [6.07, 6.45) is -0.696. The van der Waals surface area contributed by atoms with Crippen molar-refractivity contribution in [3.63, 3.8) is 0 Å². The lowest BCUT2D eigenvalue weighted by atomic mass is 9.73. The Labute approximate surface area is 59.0 Å². The second-order valence-corrected chi connectivity index (χ2v) is 3.56. The van der Waals surface area contributed by atoms with Gasteiger partial charge in [0, 0.05) is 6.54 Å². The molecule has 0 N–H and O–H groups in total. The van der Waals surface area contributed by atoms with E-state index in [0.29, 0.717) is 5.92 Å². The quantitative estimate of drug-likeness (QED) is 0.541. The monoisotopic (exact) mass is 147 g/mol. The lowest BCUT2D eigenvalue weighted by molar-refractivity contribution is -0.0463. The molecule has 3 fully saturated rings. The maximum Gasteiger partial charge on any atom is 0.256 e. The Morgan fingerprint density at radius 1 is 1.50 bits per heavy atom. The van der Waals surface area contributed by atoms with Gasteiger partial charge in [-0.1, -0.05) is 0 Å². The van der Waals surface area contributed by atoms with Crippen LogP contribution < -0.4 is 0 Å². The Bertz CT molecular complexity index is 152. The maximum atomic E-state index is 12.4. The molecule has 3 heteroatoms. The summed E-state index contributed by atoms with van der Waals surface area (Å²) in [5.74, 6) is 0.569. The van der Waals surface area contributed by atoms with Crippen molar-refractivity contribution >= 4 is 0 Å². The minimum atomic E-state index is -2.14. The molecule has 2 aliphatic heterocycles. The molecule has 0 spiro atoms. The first-order valence-electron chi connectivity index (χ1n) is 3.64. The summed E-state index contributed by atoms with van der Waals surface area (Å²) in [6, 6.07) is 0. The van der Waals surface area contributed by atoms with Gasteiger partial charge in [0.05, 0.1) is 5.54 Å². The number of hydrogen-bond donors (Lipinski definition) is 0. The Balaban J connectivity index is 2.17. The molecular formula is C7H11F2N. The first kappa shape index (κ1) is 6.53. The van der Waals surface area contributed by atoms with Crippen molar-refractivity contribution in [3.8, 4) is 0 Å². The van der Waals surface area contributed by atoms with Gasteiger partial charge in [0.1, 0.15) is 0 Å². The number of nitrogens with zero attached hydrogens (tertiary/aromatic N) is 1. The van der Waals surface area contributed by atoms with E-state index in [1.165, 1.54) is 0 Å². The smallest absolute Gasteiger partial charge is 0.256 e. The molecule has 10 heavy (non-hydrogen) atoms. The van der Waals surface area contributed by atoms with Crippen molar-refractivity contribution in [1.29, 1.82) is 0 Å². The van der Waals surface area contributed by atoms with Crippen LogP contribution in [0.25, 0.3) is 0 Å². The summed E-state index contributed by atoms with van der Waals surface area (Å²) in [4.78, 5) is 1.82. The maximum absolute atomic E-state index is 12.4. The van der Waals surface area contributed by atoms with E-state index in [0.717, 1.165) is 19.4 Å². The first-order chi connectivity index (χ1) is 4.65. The zero-order valence-electron chi connectivity index (χ0n) is 5.98. The zero-order chi connectivity index (χ0) is 7.35. The molecule has 1 aliphatic carbocycles. The number of hydrogen-bond acceptors (Lipinski definition) is 1. The van der Waals surface area contributed by atoms with Crippen LogP contribution >= 0.6 is 0 Å². The van der Waals surface area contributed by atoms with Crippen molar-refractivity contribution < 1.29 is 8.78 Å². The summed E-state index contributed by atoms with van der Waals surface area (Å²) in [7, 11) is 1.80. The predicted molar refractivity (Wildman–Crippen MR) is 34.1 cm³/mol. The van der Waals surface area contributed by atoms with E-state index in [-0.39, 0.29) is 0 Å². The summed E-state index contributed by atoms with van der Waals surface area (Å²) in [5, 5.41) is 0. The highest BCUT2D eigenvalue weighted by atomic mass is 19.3. The van der Waals surface area contributed by atoms with Gasteiger partial charge < -0.3 is 0 Å². The van der Waals surface area contributed by atoms with Crippen LogP contribution in [0.5, 0.6) is 0 Å². The number of fused-ring (bicyclic) bond motifs is 1. The number of halogens is 2. The Hall–Kier alpha value is -0.180. The predicted octanol–water partition coefficient (Wildman–Crippen LogP) is 1.35. The van der Waals surface area contributed by atoms with Crippen LogP contribution in [0.4, 0.5) is 8.78 Å². The summed E-state index contributed by atoms with van der Waals surface area (Å²) in [6.45, 7) is 0.879. The van der Waals surface area contributed by atoms with Gasteiger partial charge >= 0.3 is 0 Å². The molecule has 58 valence electrons. The van der Waals surface area contributed by atoms with Crippen molar-refractivity contribution in [1.82, 2.24) is 4.90 Å². The fraction of sp³-hybridized carbons (Fsp3) is 1.00. The molecule has 3 rings (SSSR count). The van der Waals surface area contributed by atoms with Crippen molar-refractivity contribution in [2.24, 2.45) is 5.92 Å². The van der Waals surface area contributed by atoms with E-state index in [9.17, 15) is 8.78 Å². The minimum absolute atomic E-state index is 0.569. The van der Waals surface area contributed by atoms with E-state index in [4.69, 9.17) is 0 Å². The highest BCUT2D eigenvalue weighted by Gasteiger charge is 2.59. The fourth-order valence-electron chi connectivity index (χ4n) is 2.29. The minimum Gasteiger partial charge on any atom is -0.295 e. The molecule has 2 saturated heterocycles. The molecule has 0 unspecified atom stereocenters. The van der Waals surface area contributed by atoms with Crippen LogP contribution in [0.15, 0.2) is 0 Å². The molecule has 1 saturated carbocycles. The molecule has 3 aliphatic rings. The van der Waals surface area contributed by atoms with Crippen molar-refractivity contribution in [2.75, 3.05) is 13.6 Å². The molecule has 0 aromatic heterocycles. The lowest BCUT2D eigenvalue weighted by Gasteiger charge is -2.40. The molecule has 2 bridgehead atoms. The van der Waals surface area contributed by atoms with Crippen LogP contribution in [0, 0.1) is 5.92 Å². The van der Waals surface area contributed by atoms with E-state index < -0.39 is 12.0 Å². The Morgan fingerprint density at radius 3 is 2.30 bits per heavy atom. The van der Waals surface area contributed by atoms with E-state index >= 15 is 0 Å². The standard InChI is InChI=1S/C7H11F2N/c1-10-4-5-2-7(10,3-5)6(8)9/h5-6H,2-4H2,1H3. The lowest BCUT2D eigenvalue weighted by Crippen LogP contribution is -2.50.